The number of fused-ring (bicyclic) bond motifs is 2. The highest BCUT2D eigenvalue weighted by molar-refractivity contribution is 5.61. The number of benzene rings is 1. The van der Waals surface area contributed by atoms with Crippen LogP contribution < -0.4 is 15.4 Å². The number of hydrogen-bond donors (Lipinski definition) is 1. The van der Waals surface area contributed by atoms with Gasteiger partial charge in [-0.2, -0.15) is 0 Å². The fourth-order valence-electron chi connectivity index (χ4n) is 3.70. The number of rotatable bonds is 4. The van der Waals surface area contributed by atoms with Crippen LogP contribution in [0.3, 0.4) is 0 Å². The zero-order valence-corrected chi connectivity index (χ0v) is 11.9. The number of anilines is 2. The van der Waals surface area contributed by atoms with Gasteiger partial charge in [-0.25, -0.2) is 0 Å². The van der Waals surface area contributed by atoms with Crippen LogP contribution in [0.2, 0.25) is 0 Å². The van der Waals surface area contributed by atoms with Crippen molar-refractivity contribution in [2.45, 2.75) is 25.7 Å². The van der Waals surface area contributed by atoms with Crippen LogP contribution in [0, 0.1) is 17.8 Å². The molecule has 0 spiro atoms. The molecule has 2 saturated carbocycles. The summed E-state index contributed by atoms with van der Waals surface area (Å²) in [5.41, 5.74) is 7.89. The number of nitrogens with zero attached hydrogens (tertiary/aromatic N) is 1. The van der Waals surface area contributed by atoms with Crippen molar-refractivity contribution in [3.63, 3.8) is 0 Å². The van der Waals surface area contributed by atoms with Gasteiger partial charge in [0.2, 0.25) is 0 Å². The van der Waals surface area contributed by atoms with Crippen LogP contribution in [-0.2, 0) is 0 Å². The van der Waals surface area contributed by atoms with Crippen molar-refractivity contribution in [3.05, 3.63) is 18.2 Å². The van der Waals surface area contributed by atoms with E-state index >= 15 is 0 Å². The summed E-state index contributed by atoms with van der Waals surface area (Å²) >= 11 is 0. The van der Waals surface area contributed by atoms with E-state index in [1.54, 1.807) is 0 Å². The van der Waals surface area contributed by atoms with Gasteiger partial charge in [0.15, 0.2) is 0 Å². The molecule has 3 rings (SSSR count). The standard InChI is InChI=1S/C16H24N2O/c1-18(2)14-5-6-15(17)16(9-14)19-10-13-8-11-3-4-12(13)7-11/h5-6,9,11-13H,3-4,7-8,10,17H2,1-2H3. The van der Waals surface area contributed by atoms with Crippen LogP contribution in [0.15, 0.2) is 18.2 Å². The van der Waals surface area contributed by atoms with E-state index in [2.05, 4.69) is 4.90 Å². The Kier molecular flexibility index (Phi) is 3.29. The quantitative estimate of drug-likeness (QED) is 0.845. The number of nitrogen functional groups attached to an aromatic ring is 1. The van der Waals surface area contributed by atoms with Crippen molar-refractivity contribution in [3.8, 4) is 5.75 Å². The highest BCUT2D eigenvalue weighted by Crippen LogP contribution is 2.48. The first-order chi connectivity index (χ1) is 9.13. The van der Waals surface area contributed by atoms with E-state index in [4.69, 9.17) is 10.5 Å². The first-order valence-corrected chi connectivity index (χ1v) is 7.33. The van der Waals surface area contributed by atoms with E-state index in [0.717, 1.165) is 41.5 Å². The van der Waals surface area contributed by atoms with E-state index < -0.39 is 0 Å². The molecule has 0 saturated heterocycles. The van der Waals surface area contributed by atoms with Crippen LogP contribution in [-0.4, -0.2) is 20.7 Å². The van der Waals surface area contributed by atoms with Crippen LogP contribution in [0.5, 0.6) is 5.75 Å². The summed E-state index contributed by atoms with van der Waals surface area (Å²) in [5.74, 6) is 3.47. The van der Waals surface area contributed by atoms with Crippen molar-refractivity contribution < 1.29 is 4.74 Å². The maximum Gasteiger partial charge on any atom is 0.144 e. The number of nitrogens with two attached hydrogens (primary N) is 1. The Hall–Kier alpha value is -1.38. The first-order valence-electron chi connectivity index (χ1n) is 7.33. The molecule has 1 aromatic carbocycles. The van der Waals surface area contributed by atoms with Gasteiger partial charge in [0.25, 0.3) is 0 Å². The first kappa shape index (κ1) is 12.6. The molecule has 2 aliphatic carbocycles. The van der Waals surface area contributed by atoms with Gasteiger partial charge in [0, 0.05) is 25.8 Å². The van der Waals surface area contributed by atoms with Gasteiger partial charge in [0.1, 0.15) is 5.75 Å². The Morgan fingerprint density at radius 2 is 2.11 bits per heavy atom. The minimum atomic E-state index is 0.744. The molecule has 2 aliphatic rings. The van der Waals surface area contributed by atoms with Crippen molar-refractivity contribution >= 4 is 11.4 Å². The number of ether oxygens (including phenoxy) is 1. The predicted octanol–water partition coefficient (Wildman–Crippen LogP) is 3.15. The largest absolute Gasteiger partial charge is 0.491 e. The molecule has 3 heteroatoms. The van der Waals surface area contributed by atoms with Gasteiger partial charge in [-0.05, 0) is 49.1 Å². The lowest BCUT2D eigenvalue weighted by Gasteiger charge is -2.23. The summed E-state index contributed by atoms with van der Waals surface area (Å²) in [7, 11) is 4.07. The molecule has 0 radical (unpaired) electrons. The Morgan fingerprint density at radius 1 is 1.26 bits per heavy atom. The van der Waals surface area contributed by atoms with Crippen molar-refractivity contribution in [2.75, 3.05) is 31.3 Å². The van der Waals surface area contributed by atoms with Crippen molar-refractivity contribution in [1.82, 2.24) is 0 Å². The Morgan fingerprint density at radius 3 is 2.74 bits per heavy atom. The fraction of sp³-hybridized carbons (Fsp3) is 0.625. The topological polar surface area (TPSA) is 38.5 Å². The average Bonchev–Trinajstić information content (AvgIpc) is 2.99. The highest BCUT2D eigenvalue weighted by atomic mass is 16.5. The molecule has 0 aliphatic heterocycles. The zero-order chi connectivity index (χ0) is 13.4. The van der Waals surface area contributed by atoms with E-state index in [1.807, 2.05) is 32.3 Å². The van der Waals surface area contributed by atoms with E-state index in [1.165, 1.54) is 25.7 Å². The molecule has 2 fully saturated rings. The molecule has 0 aromatic heterocycles. The second-order valence-electron chi connectivity index (χ2n) is 6.36. The summed E-state index contributed by atoms with van der Waals surface area (Å²) in [6.07, 6.45) is 5.64. The lowest BCUT2D eigenvalue weighted by Crippen LogP contribution is -2.19. The monoisotopic (exact) mass is 260 g/mol. The van der Waals surface area contributed by atoms with Gasteiger partial charge in [-0.3, -0.25) is 0 Å². The van der Waals surface area contributed by atoms with Gasteiger partial charge in [-0.15, -0.1) is 0 Å². The summed E-state index contributed by atoms with van der Waals surface area (Å²) in [5, 5.41) is 0. The molecule has 3 atom stereocenters. The zero-order valence-electron chi connectivity index (χ0n) is 11.9. The van der Waals surface area contributed by atoms with Crippen LogP contribution >= 0.6 is 0 Å². The Balaban J connectivity index is 1.64. The molecule has 104 valence electrons. The Bertz CT molecular complexity index is 458. The third kappa shape index (κ3) is 2.51. The third-order valence-electron chi connectivity index (χ3n) is 4.85. The van der Waals surface area contributed by atoms with Gasteiger partial charge in [-0.1, -0.05) is 6.42 Å². The lowest BCUT2D eigenvalue weighted by molar-refractivity contribution is 0.196. The minimum Gasteiger partial charge on any atom is -0.491 e. The molecular formula is C16H24N2O. The fourth-order valence-corrected chi connectivity index (χ4v) is 3.70. The molecular weight excluding hydrogens is 236 g/mol. The van der Waals surface area contributed by atoms with Crippen molar-refractivity contribution in [1.29, 1.82) is 0 Å². The minimum absolute atomic E-state index is 0.744. The average molecular weight is 260 g/mol. The third-order valence-corrected chi connectivity index (χ3v) is 4.85. The molecule has 3 nitrogen and oxygen atoms in total. The van der Waals surface area contributed by atoms with Crippen LogP contribution in [0.25, 0.3) is 0 Å². The summed E-state index contributed by atoms with van der Waals surface area (Å²) in [6, 6.07) is 6.01. The van der Waals surface area contributed by atoms with E-state index in [0.29, 0.717) is 0 Å². The highest BCUT2D eigenvalue weighted by Gasteiger charge is 2.39. The van der Waals surface area contributed by atoms with E-state index in [-0.39, 0.29) is 0 Å². The van der Waals surface area contributed by atoms with Crippen LogP contribution in [0.4, 0.5) is 11.4 Å². The summed E-state index contributed by atoms with van der Waals surface area (Å²) in [4.78, 5) is 2.07. The van der Waals surface area contributed by atoms with Gasteiger partial charge >= 0.3 is 0 Å². The molecule has 0 heterocycles. The molecule has 3 unspecified atom stereocenters. The maximum absolute atomic E-state index is 6.01. The molecule has 2 N–H and O–H groups in total. The SMILES string of the molecule is CN(C)c1ccc(N)c(OCC2CC3CCC2C3)c1. The van der Waals surface area contributed by atoms with Crippen molar-refractivity contribution in [2.24, 2.45) is 17.8 Å². The predicted molar refractivity (Wildman–Crippen MR) is 79.6 cm³/mol. The molecule has 19 heavy (non-hydrogen) atoms. The number of hydrogen-bond acceptors (Lipinski definition) is 3. The molecule has 2 bridgehead atoms. The lowest BCUT2D eigenvalue weighted by atomic mass is 9.89. The Labute approximate surface area is 115 Å². The normalized spacial score (nSPS) is 28.6. The van der Waals surface area contributed by atoms with Gasteiger partial charge < -0.3 is 15.4 Å². The second kappa shape index (κ2) is 4.95. The van der Waals surface area contributed by atoms with E-state index in [9.17, 15) is 0 Å². The smallest absolute Gasteiger partial charge is 0.144 e. The summed E-state index contributed by atoms with van der Waals surface area (Å²) < 4.78 is 6.01. The maximum atomic E-state index is 6.01. The van der Waals surface area contributed by atoms with Crippen LogP contribution in [0.1, 0.15) is 25.7 Å². The second-order valence-corrected chi connectivity index (χ2v) is 6.36. The molecule has 0 amide bonds. The van der Waals surface area contributed by atoms with Gasteiger partial charge in [0.05, 0.1) is 12.3 Å². The molecule has 1 aromatic rings. The summed E-state index contributed by atoms with van der Waals surface area (Å²) in [6.45, 7) is 0.836.